The molecular weight excluding hydrogens is 416 g/mol. The van der Waals surface area contributed by atoms with E-state index in [-0.39, 0.29) is 30.3 Å². The Morgan fingerprint density at radius 2 is 1.88 bits per heavy atom. The van der Waals surface area contributed by atoms with Gasteiger partial charge in [-0.15, -0.1) is 0 Å². The molecule has 3 rings (SSSR count). The highest BCUT2D eigenvalue weighted by Crippen LogP contribution is 2.41. The van der Waals surface area contributed by atoms with E-state index in [9.17, 15) is 19.7 Å². The molecule has 2 unspecified atom stereocenters. The first-order valence-corrected chi connectivity index (χ1v) is 10.8. The number of amidine groups is 1. The van der Waals surface area contributed by atoms with Crippen molar-refractivity contribution in [3.05, 3.63) is 51.3 Å². The highest BCUT2D eigenvalue weighted by molar-refractivity contribution is 6.07. The highest BCUT2D eigenvalue weighted by atomic mass is 16.6. The van der Waals surface area contributed by atoms with E-state index >= 15 is 0 Å². The number of hydrogen-bond acceptors (Lipinski definition) is 9. The van der Waals surface area contributed by atoms with Crippen molar-refractivity contribution < 1.29 is 24.0 Å². The van der Waals surface area contributed by atoms with Gasteiger partial charge in [-0.3, -0.25) is 14.9 Å². The molecule has 0 aromatic heterocycles. The molecule has 1 saturated heterocycles. The molecule has 2 aliphatic heterocycles. The molecule has 2 aliphatic rings. The first kappa shape index (κ1) is 23.2. The van der Waals surface area contributed by atoms with Gasteiger partial charge < -0.3 is 20.1 Å². The van der Waals surface area contributed by atoms with Crippen LogP contribution in [0.4, 0.5) is 5.69 Å². The molecule has 172 valence electrons. The van der Waals surface area contributed by atoms with E-state index in [1.54, 1.807) is 19.9 Å². The predicted molar refractivity (Wildman–Crippen MR) is 117 cm³/mol. The number of nitrogens with two attached hydrogens (primary N) is 1. The number of rotatable bonds is 6. The Bertz CT molecular complexity index is 951. The minimum absolute atomic E-state index is 0.00570. The molecule has 1 fully saturated rings. The summed E-state index contributed by atoms with van der Waals surface area (Å²) in [6.45, 7) is 4.97. The summed E-state index contributed by atoms with van der Waals surface area (Å²) in [5, 5.41) is 11.4. The number of esters is 2. The maximum Gasteiger partial charge on any atom is 0.338 e. The standard InChI is InChI=1S/C22H28N4O6/c1-3-31-21(27)17-16(14-9-8-10-15(13-14)26(29)30)18(22(28)32-4-2)20(24-19(17)23)25-11-6-5-7-12-25/h8-10,13,16,18H,3-7,11-12,23H2,1-2H3. The number of non-ortho nitro benzene ring substituents is 1. The largest absolute Gasteiger partial charge is 0.465 e. The van der Waals surface area contributed by atoms with Crippen LogP contribution in [0, 0.1) is 16.0 Å². The third-order valence-electron chi connectivity index (χ3n) is 5.59. The van der Waals surface area contributed by atoms with E-state index in [4.69, 9.17) is 15.2 Å². The zero-order chi connectivity index (χ0) is 23.3. The van der Waals surface area contributed by atoms with Crippen LogP contribution in [0.1, 0.15) is 44.6 Å². The lowest BCUT2D eigenvalue weighted by Crippen LogP contribution is -2.48. The number of carbonyl (C=O) groups is 2. The van der Waals surface area contributed by atoms with Crippen molar-refractivity contribution in [1.29, 1.82) is 0 Å². The van der Waals surface area contributed by atoms with Gasteiger partial charge >= 0.3 is 11.9 Å². The molecule has 1 aromatic rings. The van der Waals surface area contributed by atoms with Crippen LogP contribution in [-0.2, 0) is 19.1 Å². The van der Waals surface area contributed by atoms with Crippen molar-refractivity contribution in [1.82, 2.24) is 4.90 Å². The monoisotopic (exact) mass is 444 g/mol. The first-order valence-electron chi connectivity index (χ1n) is 10.8. The summed E-state index contributed by atoms with van der Waals surface area (Å²) in [5.74, 6) is -2.82. The van der Waals surface area contributed by atoms with E-state index < -0.39 is 28.7 Å². The van der Waals surface area contributed by atoms with E-state index in [0.717, 1.165) is 19.3 Å². The second kappa shape index (κ2) is 10.3. The Balaban J connectivity index is 2.21. The normalized spacial score (nSPS) is 21.1. The van der Waals surface area contributed by atoms with Gasteiger partial charge in [0.1, 0.15) is 17.6 Å². The molecule has 2 atom stereocenters. The van der Waals surface area contributed by atoms with Crippen molar-refractivity contribution in [2.45, 2.75) is 39.0 Å². The third-order valence-corrected chi connectivity index (χ3v) is 5.59. The molecule has 1 aromatic carbocycles. The predicted octanol–water partition coefficient (Wildman–Crippen LogP) is 2.49. The third kappa shape index (κ3) is 4.74. The molecular formula is C22H28N4O6. The molecule has 10 nitrogen and oxygen atoms in total. The van der Waals surface area contributed by atoms with Crippen molar-refractivity contribution >= 4 is 23.5 Å². The number of benzene rings is 1. The van der Waals surface area contributed by atoms with Gasteiger partial charge in [0.25, 0.3) is 5.69 Å². The van der Waals surface area contributed by atoms with Gasteiger partial charge in [-0.05, 0) is 38.7 Å². The fraction of sp³-hybridized carbons (Fsp3) is 0.500. The zero-order valence-electron chi connectivity index (χ0n) is 18.3. The van der Waals surface area contributed by atoms with E-state index in [1.165, 1.54) is 18.2 Å². The van der Waals surface area contributed by atoms with Crippen molar-refractivity contribution in [2.75, 3.05) is 26.3 Å². The summed E-state index contributed by atoms with van der Waals surface area (Å²) < 4.78 is 10.6. The number of nitrogens with zero attached hydrogens (tertiary/aromatic N) is 3. The molecule has 0 radical (unpaired) electrons. The number of hydrogen-bond donors (Lipinski definition) is 1. The molecule has 0 saturated carbocycles. The molecule has 0 aliphatic carbocycles. The van der Waals surface area contributed by atoms with Crippen LogP contribution in [0.2, 0.25) is 0 Å². The van der Waals surface area contributed by atoms with Crippen LogP contribution in [0.5, 0.6) is 0 Å². The van der Waals surface area contributed by atoms with Crippen LogP contribution >= 0.6 is 0 Å². The fourth-order valence-electron chi connectivity index (χ4n) is 4.22. The van der Waals surface area contributed by atoms with Crippen LogP contribution in [-0.4, -0.2) is 53.9 Å². The van der Waals surface area contributed by atoms with E-state index in [1.807, 2.05) is 4.90 Å². The number of piperidine rings is 1. The highest BCUT2D eigenvalue weighted by Gasteiger charge is 2.46. The molecule has 2 heterocycles. The second-order valence-corrected chi connectivity index (χ2v) is 7.60. The summed E-state index contributed by atoms with van der Waals surface area (Å²) >= 11 is 0. The minimum atomic E-state index is -0.984. The van der Waals surface area contributed by atoms with E-state index in [2.05, 4.69) is 4.99 Å². The second-order valence-electron chi connectivity index (χ2n) is 7.60. The van der Waals surface area contributed by atoms with Crippen LogP contribution in [0.25, 0.3) is 0 Å². The lowest BCUT2D eigenvalue weighted by molar-refractivity contribution is -0.384. The quantitative estimate of drug-likeness (QED) is 0.401. The van der Waals surface area contributed by atoms with Crippen molar-refractivity contribution in [3.63, 3.8) is 0 Å². The molecule has 0 amide bonds. The minimum Gasteiger partial charge on any atom is -0.465 e. The maximum absolute atomic E-state index is 13.2. The Morgan fingerprint density at radius 3 is 2.50 bits per heavy atom. The van der Waals surface area contributed by atoms with Gasteiger partial charge in [0.2, 0.25) is 0 Å². The number of aliphatic imine (C=N–C) groups is 1. The lowest BCUT2D eigenvalue weighted by atomic mass is 9.77. The van der Waals surface area contributed by atoms with Crippen LogP contribution < -0.4 is 5.73 Å². The number of ether oxygens (including phenoxy) is 2. The summed E-state index contributed by atoms with van der Waals surface area (Å²) in [5.41, 5.74) is 6.49. The Labute approximate surface area is 186 Å². The zero-order valence-corrected chi connectivity index (χ0v) is 18.3. The van der Waals surface area contributed by atoms with Gasteiger partial charge in [-0.2, -0.15) is 0 Å². The molecule has 0 spiro atoms. The van der Waals surface area contributed by atoms with Gasteiger partial charge in [-0.1, -0.05) is 12.1 Å². The molecule has 10 heteroatoms. The van der Waals surface area contributed by atoms with Gasteiger partial charge in [-0.25, -0.2) is 9.79 Å². The van der Waals surface area contributed by atoms with Gasteiger partial charge in [0, 0.05) is 31.1 Å². The van der Waals surface area contributed by atoms with E-state index in [0.29, 0.717) is 24.5 Å². The Hall–Kier alpha value is -3.43. The molecule has 32 heavy (non-hydrogen) atoms. The number of nitro benzene ring substituents is 1. The lowest BCUT2D eigenvalue weighted by Gasteiger charge is -2.38. The maximum atomic E-state index is 13.2. The Kier molecular flexibility index (Phi) is 7.45. The average molecular weight is 444 g/mol. The van der Waals surface area contributed by atoms with Crippen molar-refractivity contribution in [3.8, 4) is 0 Å². The smallest absolute Gasteiger partial charge is 0.338 e. The number of likely N-dealkylation sites (tertiary alicyclic amines) is 1. The SMILES string of the molecule is CCOC(=O)C1=C(N)N=C(N2CCCCC2)C(C(=O)OCC)C1c1cccc([N+](=O)[O-])c1. The Morgan fingerprint density at radius 1 is 1.19 bits per heavy atom. The average Bonchev–Trinajstić information content (AvgIpc) is 2.79. The summed E-state index contributed by atoms with van der Waals surface area (Å²) in [4.78, 5) is 43.4. The molecule has 0 bridgehead atoms. The van der Waals surface area contributed by atoms with Crippen LogP contribution in [0.3, 0.4) is 0 Å². The van der Waals surface area contributed by atoms with Gasteiger partial charge in [0.05, 0.1) is 23.7 Å². The topological polar surface area (TPSA) is 137 Å². The summed E-state index contributed by atoms with van der Waals surface area (Å²) in [7, 11) is 0. The van der Waals surface area contributed by atoms with Crippen LogP contribution in [0.15, 0.2) is 40.7 Å². The number of nitro groups is 1. The van der Waals surface area contributed by atoms with Crippen molar-refractivity contribution in [2.24, 2.45) is 16.6 Å². The first-order chi connectivity index (χ1) is 15.4. The summed E-state index contributed by atoms with van der Waals surface area (Å²) in [6.07, 6.45) is 2.94. The van der Waals surface area contributed by atoms with Gasteiger partial charge in [0.15, 0.2) is 0 Å². The molecule has 2 N–H and O–H groups in total. The summed E-state index contributed by atoms with van der Waals surface area (Å²) in [6, 6.07) is 5.85. The number of carbonyl (C=O) groups excluding carboxylic acids is 2. The fourth-order valence-corrected chi connectivity index (χ4v) is 4.22.